The zero-order valence-electron chi connectivity index (χ0n) is 17.8. The van der Waals surface area contributed by atoms with Gasteiger partial charge in [0.1, 0.15) is 5.75 Å². The second kappa shape index (κ2) is 10.5. The van der Waals surface area contributed by atoms with Gasteiger partial charge in [-0.15, -0.1) is 12.4 Å². The molecule has 0 bridgehead atoms. The first-order chi connectivity index (χ1) is 14.5. The maximum Gasteiger partial charge on any atom is 0.309 e. The molecule has 4 nitrogen and oxygen atoms in total. The zero-order chi connectivity index (χ0) is 21.1. The minimum absolute atomic E-state index is 0. The smallest absolute Gasteiger partial charge is 0.309 e. The Morgan fingerprint density at radius 2 is 1.97 bits per heavy atom. The van der Waals surface area contributed by atoms with Crippen LogP contribution in [-0.2, 0) is 17.6 Å². The highest BCUT2D eigenvalue weighted by atomic mass is 35.5. The van der Waals surface area contributed by atoms with Crippen LogP contribution in [0.25, 0.3) is 5.57 Å². The topological polar surface area (TPSA) is 49.8 Å². The number of ether oxygens (including phenoxy) is 1. The van der Waals surface area contributed by atoms with Crippen molar-refractivity contribution in [3.63, 3.8) is 0 Å². The fourth-order valence-electron chi connectivity index (χ4n) is 4.37. The number of carboxylic acid groups (broad SMARTS) is 1. The van der Waals surface area contributed by atoms with Gasteiger partial charge in [-0.25, -0.2) is 0 Å². The van der Waals surface area contributed by atoms with Gasteiger partial charge < -0.3 is 9.84 Å². The van der Waals surface area contributed by atoms with Crippen LogP contribution in [0.1, 0.15) is 36.5 Å². The van der Waals surface area contributed by atoms with E-state index in [2.05, 4.69) is 36.1 Å². The molecule has 6 heteroatoms. The zero-order valence-corrected chi connectivity index (χ0v) is 19.3. The summed E-state index contributed by atoms with van der Waals surface area (Å²) < 4.78 is 6.00. The van der Waals surface area contributed by atoms with E-state index in [9.17, 15) is 4.79 Å². The number of aliphatic carboxylic acids is 1. The first-order valence-electron chi connectivity index (χ1n) is 10.6. The number of hydrogen-bond acceptors (Lipinski definition) is 3. The van der Waals surface area contributed by atoms with E-state index < -0.39 is 5.97 Å². The summed E-state index contributed by atoms with van der Waals surface area (Å²) in [7, 11) is 0. The van der Waals surface area contributed by atoms with E-state index in [-0.39, 0.29) is 18.3 Å². The van der Waals surface area contributed by atoms with E-state index in [1.807, 2.05) is 18.2 Å². The minimum Gasteiger partial charge on any atom is -0.494 e. The highest BCUT2D eigenvalue weighted by Crippen LogP contribution is 2.34. The van der Waals surface area contributed by atoms with Crippen LogP contribution in [0, 0.1) is 5.92 Å². The van der Waals surface area contributed by atoms with Gasteiger partial charge in [0.25, 0.3) is 0 Å². The van der Waals surface area contributed by atoms with E-state index >= 15 is 0 Å². The number of allylic oxidation sites excluding steroid dienone is 1. The normalized spacial score (nSPS) is 16.3. The van der Waals surface area contributed by atoms with Crippen molar-refractivity contribution in [1.82, 2.24) is 4.90 Å². The summed E-state index contributed by atoms with van der Waals surface area (Å²) in [5.41, 5.74) is 6.57. The number of halogens is 2. The van der Waals surface area contributed by atoms with Crippen LogP contribution < -0.4 is 4.74 Å². The predicted octanol–water partition coefficient (Wildman–Crippen LogP) is 5.51. The average Bonchev–Trinajstić information content (AvgIpc) is 2.70. The molecule has 1 saturated heterocycles. The Morgan fingerprint density at radius 3 is 2.71 bits per heavy atom. The molecule has 0 unspecified atom stereocenters. The Kier molecular flexibility index (Phi) is 8.04. The Morgan fingerprint density at radius 1 is 1.19 bits per heavy atom. The summed E-state index contributed by atoms with van der Waals surface area (Å²) in [6, 6.07) is 14.4. The summed E-state index contributed by atoms with van der Waals surface area (Å²) in [5, 5.41) is 9.88. The number of carboxylic acids is 1. The molecule has 1 heterocycles. The van der Waals surface area contributed by atoms with Crippen molar-refractivity contribution < 1.29 is 14.6 Å². The number of nitrogens with zero attached hydrogens (tertiary/aromatic N) is 1. The quantitative estimate of drug-likeness (QED) is 0.526. The second-order valence-corrected chi connectivity index (χ2v) is 8.73. The highest BCUT2D eigenvalue weighted by Gasteiger charge is 2.33. The van der Waals surface area contributed by atoms with Crippen LogP contribution in [0.3, 0.4) is 0 Å². The van der Waals surface area contributed by atoms with Crippen molar-refractivity contribution in [2.45, 2.75) is 32.6 Å². The lowest BCUT2D eigenvalue weighted by Crippen LogP contribution is -2.50. The molecule has 0 amide bonds. The van der Waals surface area contributed by atoms with Gasteiger partial charge in [-0.2, -0.15) is 0 Å². The van der Waals surface area contributed by atoms with Gasteiger partial charge in [0.2, 0.25) is 0 Å². The third-order valence-corrected chi connectivity index (χ3v) is 6.61. The highest BCUT2D eigenvalue weighted by molar-refractivity contribution is 6.31. The SMILES string of the molecule is CC1=C(CN2CC(C(=O)O)C2)CCc2cc(OCCCc3ccccc3Cl)ccc21.Cl. The number of fused-ring (bicyclic) bond motifs is 1. The summed E-state index contributed by atoms with van der Waals surface area (Å²) in [6.45, 7) is 5.07. The van der Waals surface area contributed by atoms with Crippen molar-refractivity contribution in [3.05, 3.63) is 69.8 Å². The minimum atomic E-state index is -0.676. The van der Waals surface area contributed by atoms with Crippen LogP contribution in [0.5, 0.6) is 5.75 Å². The molecular weight excluding hydrogens is 433 g/mol. The van der Waals surface area contributed by atoms with Crippen molar-refractivity contribution in [3.8, 4) is 5.75 Å². The Labute approximate surface area is 195 Å². The largest absolute Gasteiger partial charge is 0.494 e. The Hall–Kier alpha value is -2.01. The lowest BCUT2D eigenvalue weighted by Gasteiger charge is -2.38. The number of carbonyl (C=O) groups is 1. The van der Waals surface area contributed by atoms with Gasteiger partial charge in [0, 0.05) is 24.7 Å². The maximum absolute atomic E-state index is 11.0. The number of hydrogen-bond donors (Lipinski definition) is 1. The van der Waals surface area contributed by atoms with Crippen molar-refractivity contribution in [2.75, 3.05) is 26.2 Å². The maximum atomic E-state index is 11.0. The van der Waals surface area contributed by atoms with Crippen LogP contribution in [0.15, 0.2) is 48.0 Å². The average molecular weight is 462 g/mol. The summed E-state index contributed by atoms with van der Waals surface area (Å²) in [4.78, 5) is 13.2. The fraction of sp³-hybridized carbons (Fsp3) is 0.400. The van der Waals surface area contributed by atoms with Gasteiger partial charge >= 0.3 is 5.97 Å². The van der Waals surface area contributed by atoms with Crippen molar-refractivity contribution >= 4 is 35.6 Å². The molecule has 1 aliphatic heterocycles. The molecule has 4 rings (SSSR count). The molecule has 0 spiro atoms. The Balaban J connectivity index is 0.00000272. The van der Waals surface area contributed by atoms with Crippen molar-refractivity contribution in [2.24, 2.45) is 5.92 Å². The summed E-state index contributed by atoms with van der Waals surface area (Å²) in [5.74, 6) is 0.0564. The first-order valence-corrected chi connectivity index (χ1v) is 11.0. The van der Waals surface area contributed by atoms with Crippen LogP contribution in [-0.4, -0.2) is 42.2 Å². The van der Waals surface area contributed by atoms with E-state index in [0.29, 0.717) is 19.7 Å². The predicted molar refractivity (Wildman–Crippen MR) is 127 cm³/mol. The van der Waals surface area contributed by atoms with E-state index in [1.165, 1.54) is 27.8 Å². The fourth-order valence-corrected chi connectivity index (χ4v) is 4.60. The molecular formula is C25H29Cl2NO3. The monoisotopic (exact) mass is 461 g/mol. The molecule has 1 N–H and O–H groups in total. The number of likely N-dealkylation sites (tertiary alicyclic amines) is 1. The molecule has 0 atom stereocenters. The molecule has 0 radical (unpaired) electrons. The standard InChI is InChI=1S/C25H28ClNO3.ClH/c1-17-20(14-27-15-21(16-27)25(28)29)9-8-19-13-22(10-11-23(17)19)30-12-4-6-18-5-2-3-7-24(18)26;/h2-3,5,7,10-11,13,21H,4,6,8-9,12,14-16H2,1H3,(H,28,29);1H. The van der Waals surface area contributed by atoms with Crippen LogP contribution >= 0.6 is 24.0 Å². The molecule has 166 valence electrons. The van der Waals surface area contributed by atoms with Gasteiger partial charge in [-0.1, -0.05) is 41.4 Å². The lowest BCUT2D eigenvalue weighted by molar-refractivity contribution is -0.147. The number of benzene rings is 2. The van der Waals surface area contributed by atoms with Crippen molar-refractivity contribution in [1.29, 1.82) is 0 Å². The van der Waals surface area contributed by atoms with Crippen LogP contribution in [0.2, 0.25) is 5.02 Å². The third kappa shape index (κ3) is 5.62. The van der Waals surface area contributed by atoms with Crippen LogP contribution in [0.4, 0.5) is 0 Å². The van der Waals surface area contributed by atoms with Gasteiger partial charge in [-0.3, -0.25) is 9.69 Å². The van der Waals surface area contributed by atoms with Gasteiger partial charge in [-0.05, 0) is 73.1 Å². The second-order valence-electron chi connectivity index (χ2n) is 8.32. The molecule has 0 aromatic heterocycles. The lowest BCUT2D eigenvalue weighted by atomic mass is 9.85. The molecule has 31 heavy (non-hydrogen) atoms. The molecule has 2 aromatic carbocycles. The molecule has 0 saturated carbocycles. The van der Waals surface area contributed by atoms with E-state index in [1.54, 1.807) is 0 Å². The first kappa shape index (κ1) is 23.6. The summed E-state index contributed by atoms with van der Waals surface area (Å²) in [6.07, 6.45) is 3.88. The third-order valence-electron chi connectivity index (χ3n) is 6.25. The molecule has 1 fully saturated rings. The number of aryl methyl sites for hydroxylation is 2. The molecule has 2 aromatic rings. The molecule has 1 aliphatic carbocycles. The molecule has 2 aliphatic rings. The van der Waals surface area contributed by atoms with Gasteiger partial charge in [0.15, 0.2) is 0 Å². The summed E-state index contributed by atoms with van der Waals surface area (Å²) >= 11 is 6.22. The number of rotatable bonds is 8. The van der Waals surface area contributed by atoms with E-state index in [4.69, 9.17) is 21.4 Å². The van der Waals surface area contributed by atoms with Gasteiger partial charge in [0.05, 0.1) is 12.5 Å². The van der Waals surface area contributed by atoms with E-state index in [0.717, 1.165) is 43.0 Å². The Bertz CT molecular complexity index is 967.